The van der Waals surface area contributed by atoms with E-state index >= 15 is 0 Å². The molecule has 0 N–H and O–H groups in total. The number of nitrogens with zero attached hydrogens (tertiary/aromatic N) is 1. The molecule has 1 saturated carbocycles. The number of unbranched alkanes of at least 4 members (excludes halogenated alkanes) is 4. The highest BCUT2D eigenvalue weighted by molar-refractivity contribution is 5.91. The molecule has 0 atom stereocenters. The molecule has 3 rings (SSSR count). The molecule has 164 valence electrons. The number of benzene rings is 2. The Morgan fingerprint density at radius 2 is 1.71 bits per heavy atom. The van der Waals surface area contributed by atoms with Crippen LogP contribution in [0, 0.1) is 17.2 Å². The summed E-state index contributed by atoms with van der Waals surface area (Å²) in [4.78, 5) is 12.6. The van der Waals surface area contributed by atoms with Crippen LogP contribution < -0.4 is 4.74 Å². The number of hydrogen-bond acceptors (Lipinski definition) is 3. The Kier molecular flexibility index (Phi) is 8.71. The standard InChI is InChI=1S/C28H35NO2/c1-3-4-5-6-7-8-22-11-18-27(26(19-22)20-29)31-28(30)25-16-14-24(15-17-25)23-12-9-21(2)10-13-23/h11,14-19,21,23H,3-10,12-13H2,1-2H3. The molecule has 0 aromatic heterocycles. The summed E-state index contributed by atoms with van der Waals surface area (Å²) in [6.07, 6.45) is 12.1. The van der Waals surface area contributed by atoms with Crippen molar-refractivity contribution in [3.05, 3.63) is 64.7 Å². The topological polar surface area (TPSA) is 50.1 Å². The summed E-state index contributed by atoms with van der Waals surface area (Å²) in [5, 5.41) is 9.53. The monoisotopic (exact) mass is 417 g/mol. The highest BCUT2D eigenvalue weighted by Gasteiger charge is 2.20. The summed E-state index contributed by atoms with van der Waals surface area (Å²) in [6.45, 7) is 4.54. The summed E-state index contributed by atoms with van der Waals surface area (Å²) in [5.74, 6) is 1.36. The first kappa shape index (κ1) is 23.1. The van der Waals surface area contributed by atoms with Crippen LogP contribution in [-0.2, 0) is 6.42 Å². The molecule has 1 aliphatic rings. The van der Waals surface area contributed by atoms with Crippen molar-refractivity contribution in [3.8, 4) is 11.8 Å². The smallest absolute Gasteiger partial charge is 0.343 e. The first-order chi connectivity index (χ1) is 15.1. The van der Waals surface area contributed by atoms with Crippen LogP contribution in [0.15, 0.2) is 42.5 Å². The third-order valence-corrected chi connectivity index (χ3v) is 6.57. The fourth-order valence-corrected chi connectivity index (χ4v) is 4.49. The molecule has 1 aliphatic carbocycles. The molecular weight excluding hydrogens is 382 g/mol. The predicted molar refractivity (Wildman–Crippen MR) is 125 cm³/mol. The maximum atomic E-state index is 12.6. The van der Waals surface area contributed by atoms with Crippen LogP contribution in [0.3, 0.4) is 0 Å². The highest BCUT2D eigenvalue weighted by Crippen LogP contribution is 2.35. The molecular formula is C28H35NO2. The fraction of sp³-hybridized carbons (Fsp3) is 0.500. The summed E-state index contributed by atoms with van der Waals surface area (Å²) < 4.78 is 5.57. The zero-order valence-corrected chi connectivity index (χ0v) is 19.0. The van der Waals surface area contributed by atoms with Crippen molar-refractivity contribution in [2.45, 2.75) is 84.0 Å². The minimum atomic E-state index is -0.410. The van der Waals surface area contributed by atoms with E-state index < -0.39 is 5.97 Å². The summed E-state index contributed by atoms with van der Waals surface area (Å²) >= 11 is 0. The number of carbonyl (C=O) groups excluding carboxylic acids is 1. The van der Waals surface area contributed by atoms with Crippen LogP contribution in [0.5, 0.6) is 5.75 Å². The molecule has 0 bridgehead atoms. The van der Waals surface area contributed by atoms with Gasteiger partial charge in [-0.1, -0.05) is 70.6 Å². The van der Waals surface area contributed by atoms with Crippen LogP contribution in [0.2, 0.25) is 0 Å². The van der Waals surface area contributed by atoms with E-state index in [-0.39, 0.29) is 0 Å². The third-order valence-electron chi connectivity index (χ3n) is 6.57. The number of hydrogen-bond donors (Lipinski definition) is 0. The van der Waals surface area contributed by atoms with E-state index in [2.05, 4.69) is 32.0 Å². The van der Waals surface area contributed by atoms with Crippen molar-refractivity contribution in [1.29, 1.82) is 5.26 Å². The molecule has 2 aromatic rings. The van der Waals surface area contributed by atoms with Crippen molar-refractivity contribution in [2.75, 3.05) is 0 Å². The molecule has 0 heterocycles. The summed E-state index contributed by atoms with van der Waals surface area (Å²) in [7, 11) is 0. The van der Waals surface area contributed by atoms with Crippen molar-refractivity contribution in [1.82, 2.24) is 0 Å². The van der Waals surface area contributed by atoms with Gasteiger partial charge in [0.25, 0.3) is 0 Å². The van der Waals surface area contributed by atoms with Gasteiger partial charge in [0.2, 0.25) is 0 Å². The van der Waals surface area contributed by atoms with Crippen molar-refractivity contribution >= 4 is 5.97 Å². The molecule has 0 spiro atoms. The van der Waals surface area contributed by atoms with Crippen LogP contribution >= 0.6 is 0 Å². The minimum Gasteiger partial charge on any atom is -0.422 e. The van der Waals surface area contributed by atoms with E-state index in [1.54, 1.807) is 6.07 Å². The van der Waals surface area contributed by atoms with Gasteiger partial charge < -0.3 is 4.74 Å². The van der Waals surface area contributed by atoms with Gasteiger partial charge in [-0.2, -0.15) is 5.26 Å². The largest absolute Gasteiger partial charge is 0.422 e. The zero-order valence-electron chi connectivity index (χ0n) is 19.0. The van der Waals surface area contributed by atoms with Gasteiger partial charge >= 0.3 is 5.97 Å². The normalized spacial score (nSPS) is 18.4. The molecule has 2 aromatic carbocycles. The molecule has 0 unspecified atom stereocenters. The molecule has 0 radical (unpaired) electrons. The molecule has 0 aliphatic heterocycles. The lowest BCUT2D eigenvalue weighted by Crippen LogP contribution is -2.12. The van der Waals surface area contributed by atoms with Crippen LogP contribution in [0.1, 0.15) is 105 Å². The lowest BCUT2D eigenvalue weighted by atomic mass is 9.79. The maximum absolute atomic E-state index is 12.6. The molecule has 0 amide bonds. The van der Waals surface area contributed by atoms with E-state index in [9.17, 15) is 10.1 Å². The Balaban J connectivity index is 1.58. The summed E-state index contributed by atoms with van der Waals surface area (Å²) in [6, 6.07) is 15.6. The lowest BCUT2D eigenvalue weighted by Gasteiger charge is -2.26. The fourth-order valence-electron chi connectivity index (χ4n) is 4.49. The number of nitriles is 1. The predicted octanol–water partition coefficient (Wildman–Crippen LogP) is 7.58. The van der Waals surface area contributed by atoms with Gasteiger partial charge in [0, 0.05) is 0 Å². The molecule has 3 heteroatoms. The average Bonchev–Trinajstić information content (AvgIpc) is 2.80. The second-order valence-corrected chi connectivity index (χ2v) is 9.07. The number of carbonyl (C=O) groups is 1. The first-order valence-electron chi connectivity index (χ1n) is 12.0. The second-order valence-electron chi connectivity index (χ2n) is 9.07. The molecule has 3 nitrogen and oxygen atoms in total. The molecule has 31 heavy (non-hydrogen) atoms. The number of aryl methyl sites for hydroxylation is 1. The number of ether oxygens (including phenoxy) is 1. The number of rotatable bonds is 9. The third kappa shape index (κ3) is 6.69. The highest BCUT2D eigenvalue weighted by atomic mass is 16.5. The SMILES string of the molecule is CCCCCCCc1ccc(OC(=O)c2ccc(C3CCC(C)CC3)cc2)c(C#N)c1. The van der Waals surface area contributed by atoms with Gasteiger partial charge in [0.15, 0.2) is 0 Å². The van der Waals surface area contributed by atoms with Gasteiger partial charge in [0.1, 0.15) is 11.8 Å². The maximum Gasteiger partial charge on any atom is 0.343 e. The van der Waals surface area contributed by atoms with Gasteiger partial charge in [-0.15, -0.1) is 0 Å². The first-order valence-corrected chi connectivity index (χ1v) is 12.0. The quantitative estimate of drug-likeness (QED) is 0.240. The van der Waals surface area contributed by atoms with Crippen LogP contribution in [0.25, 0.3) is 0 Å². The van der Waals surface area contributed by atoms with Crippen molar-refractivity contribution in [3.63, 3.8) is 0 Å². The van der Waals surface area contributed by atoms with E-state index in [0.717, 1.165) is 24.3 Å². The minimum absolute atomic E-state index is 0.340. The Morgan fingerprint density at radius 1 is 1.00 bits per heavy atom. The van der Waals surface area contributed by atoms with E-state index in [1.165, 1.54) is 56.9 Å². The van der Waals surface area contributed by atoms with Gasteiger partial charge in [-0.3, -0.25) is 0 Å². The molecule has 0 saturated heterocycles. The van der Waals surface area contributed by atoms with Crippen molar-refractivity contribution < 1.29 is 9.53 Å². The van der Waals surface area contributed by atoms with Crippen LogP contribution in [-0.4, -0.2) is 5.97 Å². The Bertz CT molecular complexity index is 886. The average molecular weight is 418 g/mol. The second kappa shape index (κ2) is 11.7. The van der Waals surface area contributed by atoms with Crippen LogP contribution in [0.4, 0.5) is 0 Å². The molecule has 1 fully saturated rings. The van der Waals surface area contributed by atoms with Crippen molar-refractivity contribution in [2.24, 2.45) is 5.92 Å². The van der Waals surface area contributed by atoms with Gasteiger partial charge in [-0.05, 0) is 72.9 Å². The van der Waals surface area contributed by atoms with Gasteiger partial charge in [-0.25, -0.2) is 4.79 Å². The Morgan fingerprint density at radius 3 is 2.39 bits per heavy atom. The van der Waals surface area contributed by atoms with E-state index in [0.29, 0.717) is 22.8 Å². The lowest BCUT2D eigenvalue weighted by molar-refractivity contribution is 0.0734. The van der Waals surface area contributed by atoms with Gasteiger partial charge in [0.05, 0.1) is 11.1 Å². The van der Waals surface area contributed by atoms with E-state index in [1.807, 2.05) is 24.3 Å². The zero-order chi connectivity index (χ0) is 22.1. The Hall–Kier alpha value is -2.60. The van der Waals surface area contributed by atoms with E-state index in [4.69, 9.17) is 4.74 Å². The summed E-state index contributed by atoms with van der Waals surface area (Å²) in [5.41, 5.74) is 3.38. The Labute approximate surface area is 187 Å². The number of esters is 1.